The fourth-order valence-corrected chi connectivity index (χ4v) is 3.46. The maximum Gasteiger partial charge on any atom is 0.305 e. The summed E-state index contributed by atoms with van der Waals surface area (Å²) in [6.45, 7) is 4.13. The zero-order valence-corrected chi connectivity index (χ0v) is 9.87. The number of ether oxygens (including phenoxy) is 1. The van der Waals surface area contributed by atoms with E-state index >= 15 is 0 Å². The molecule has 2 rings (SSSR count). The Balaban J connectivity index is 1.83. The van der Waals surface area contributed by atoms with E-state index in [2.05, 4.69) is 6.92 Å². The quantitative estimate of drug-likeness (QED) is 0.666. The van der Waals surface area contributed by atoms with Crippen molar-refractivity contribution in [2.24, 2.45) is 17.8 Å². The van der Waals surface area contributed by atoms with E-state index in [0.29, 0.717) is 12.3 Å². The maximum atomic E-state index is 11.2. The van der Waals surface area contributed by atoms with Gasteiger partial charge in [-0.1, -0.05) is 26.7 Å². The van der Waals surface area contributed by atoms with Crippen molar-refractivity contribution >= 4 is 5.97 Å². The van der Waals surface area contributed by atoms with Crippen molar-refractivity contribution in [3.8, 4) is 0 Å². The van der Waals surface area contributed by atoms with Crippen molar-refractivity contribution in [3.05, 3.63) is 0 Å². The molecule has 2 heteroatoms. The SMILES string of the molecule is CCCC1CC2CC1CC2OC(=O)CC. The van der Waals surface area contributed by atoms with Gasteiger partial charge in [0.2, 0.25) is 0 Å². The van der Waals surface area contributed by atoms with Gasteiger partial charge < -0.3 is 4.74 Å². The molecule has 0 amide bonds. The minimum Gasteiger partial charge on any atom is -0.462 e. The first-order chi connectivity index (χ1) is 7.24. The number of hydrogen-bond donors (Lipinski definition) is 0. The average molecular weight is 210 g/mol. The molecule has 0 heterocycles. The summed E-state index contributed by atoms with van der Waals surface area (Å²) < 4.78 is 5.48. The first kappa shape index (κ1) is 11.0. The molecule has 0 N–H and O–H groups in total. The summed E-state index contributed by atoms with van der Waals surface area (Å²) in [5.41, 5.74) is 0. The molecule has 4 unspecified atom stereocenters. The summed E-state index contributed by atoms with van der Waals surface area (Å²) in [5, 5.41) is 0. The highest BCUT2D eigenvalue weighted by atomic mass is 16.5. The van der Waals surface area contributed by atoms with Gasteiger partial charge in [0.1, 0.15) is 6.10 Å². The summed E-state index contributed by atoms with van der Waals surface area (Å²) in [4.78, 5) is 11.2. The number of fused-ring (bicyclic) bond motifs is 2. The monoisotopic (exact) mass is 210 g/mol. The zero-order valence-electron chi connectivity index (χ0n) is 9.87. The van der Waals surface area contributed by atoms with Crippen molar-refractivity contribution in [1.82, 2.24) is 0 Å². The fourth-order valence-electron chi connectivity index (χ4n) is 3.46. The second-order valence-corrected chi connectivity index (χ2v) is 5.16. The second-order valence-electron chi connectivity index (χ2n) is 5.16. The van der Waals surface area contributed by atoms with E-state index in [-0.39, 0.29) is 12.1 Å². The van der Waals surface area contributed by atoms with Gasteiger partial charge >= 0.3 is 5.97 Å². The molecule has 0 aromatic heterocycles. The Morgan fingerprint density at radius 1 is 1.20 bits per heavy atom. The first-order valence-corrected chi connectivity index (χ1v) is 6.44. The van der Waals surface area contributed by atoms with Crippen molar-refractivity contribution < 1.29 is 9.53 Å². The van der Waals surface area contributed by atoms with Gasteiger partial charge in [0.25, 0.3) is 0 Å². The van der Waals surface area contributed by atoms with Gasteiger partial charge in [0, 0.05) is 6.42 Å². The van der Waals surface area contributed by atoms with Crippen LogP contribution in [0.5, 0.6) is 0 Å². The first-order valence-electron chi connectivity index (χ1n) is 6.44. The number of esters is 1. The lowest BCUT2D eigenvalue weighted by molar-refractivity contribution is -0.151. The maximum absolute atomic E-state index is 11.2. The molecule has 2 aliphatic rings. The fraction of sp³-hybridized carbons (Fsp3) is 0.923. The third-order valence-electron chi connectivity index (χ3n) is 4.17. The van der Waals surface area contributed by atoms with Gasteiger partial charge in [0.05, 0.1) is 0 Å². The predicted octanol–water partition coefficient (Wildman–Crippen LogP) is 3.15. The lowest BCUT2D eigenvalue weighted by atomic mass is 9.84. The minimum absolute atomic E-state index is 0.0143. The molecule has 2 bridgehead atoms. The van der Waals surface area contributed by atoms with Gasteiger partial charge in [0.15, 0.2) is 0 Å². The van der Waals surface area contributed by atoms with Crippen LogP contribution in [0.15, 0.2) is 0 Å². The van der Waals surface area contributed by atoms with Crippen molar-refractivity contribution in [3.63, 3.8) is 0 Å². The highest BCUT2D eigenvalue weighted by molar-refractivity contribution is 5.69. The number of hydrogen-bond acceptors (Lipinski definition) is 2. The van der Waals surface area contributed by atoms with Crippen molar-refractivity contribution in [2.45, 2.75) is 58.5 Å². The molecule has 0 aliphatic heterocycles. The molecular formula is C13H22O2. The standard InChI is InChI=1S/C13H22O2/c1-3-5-9-6-11-7-10(9)8-12(11)15-13(14)4-2/h9-12H,3-8H2,1-2H3. The molecule has 2 aliphatic carbocycles. The van der Waals surface area contributed by atoms with E-state index in [9.17, 15) is 4.79 Å². The largest absolute Gasteiger partial charge is 0.462 e. The molecular weight excluding hydrogens is 188 g/mol. The summed E-state index contributed by atoms with van der Waals surface area (Å²) in [7, 11) is 0. The van der Waals surface area contributed by atoms with Crippen LogP contribution >= 0.6 is 0 Å². The van der Waals surface area contributed by atoms with Crippen molar-refractivity contribution in [1.29, 1.82) is 0 Å². The lowest BCUT2D eigenvalue weighted by Crippen LogP contribution is -2.27. The molecule has 2 saturated carbocycles. The van der Waals surface area contributed by atoms with Crippen LogP contribution in [0.3, 0.4) is 0 Å². The van der Waals surface area contributed by atoms with Crippen LogP contribution in [0.2, 0.25) is 0 Å². The molecule has 0 spiro atoms. The molecule has 0 radical (unpaired) electrons. The Morgan fingerprint density at radius 3 is 2.53 bits per heavy atom. The van der Waals surface area contributed by atoms with E-state index in [4.69, 9.17) is 4.74 Å². The Kier molecular flexibility index (Phi) is 3.32. The third-order valence-corrected chi connectivity index (χ3v) is 4.17. The van der Waals surface area contributed by atoms with Gasteiger partial charge in [-0.15, -0.1) is 0 Å². The predicted molar refractivity (Wildman–Crippen MR) is 59.4 cm³/mol. The summed E-state index contributed by atoms with van der Waals surface area (Å²) in [6.07, 6.45) is 7.21. The Bertz CT molecular complexity index is 237. The number of carbonyl (C=O) groups is 1. The van der Waals surface area contributed by atoms with Gasteiger partial charge in [-0.25, -0.2) is 0 Å². The molecule has 86 valence electrons. The highest BCUT2D eigenvalue weighted by Gasteiger charge is 2.46. The van der Waals surface area contributed by atoms with Crippen LogP contribution in [0.4, 0.5) is 0 Å². The minimum atomic E-state index is -0.0143. The lowest BCUT2D eigenvalue weighted by Gasteiger charge is -2.27. The van der Waals surface area contributed by atoms with Crippen LogP contribution < -0.4 is 0 Å². The van der Waals surface area contributed by atoms with Crippen LogP contribution in [0, 0.1) is 17.8 Å². The molecule has 4 atom stereocenters. The topological polar surface area (TPSA) is 26.3 Å². The second kappa shape index (κ2) is 4.54. The highest BCUT2D eigenvalue weighted by Crippen LogP contribution is 2.51. The van der Waals surface area contributed by atoms with Crippen LogP contribution in [-0.4, -0.2) is 12.1 Å². The Morgan fingerprint density at radius 2 is 2.00 bits per heavy atom. The number of rotatable bonds is 4. The summed E-state index contributed by atoms with van der Waals surface area (Å²) in [5.74, 6) is 2.45. The Hall–Kier alpha value is -0.530. The molecule has 0 saturated heterocycles. The smallest absolute Gasteiger partial charge is 0.305 e. The van der Waals surface area contributed by atoms with Crippen LogP contribution in [-0.2, 0) is 9.53 Å². The van der Waals surface area contributed by atoms with E-state index in [1.165, 1.54) is 25.7 Å². The van der Waals surface area contributed by atoms with Gasteiger partial charge in [-0.2, -0.15) is 0 Å². The average Bonchev–Trinajstić information content (AvgIpc) is 2.77. The van der Waals surface area contributed by atoms with E-state index in [1.54, 1.807) is 0 Å². The third kappa shape index (κ3) is 2.19. The normalized spacial score (nSPS) is 38.3. The molecule has 15 heavy (non-hydrogen) atoms. The van der Waals surface area contributed by atoms with E-state index < -0.39 is 0 Å². The molecule has 0 aromatic rings. The van der Waals surface area contributed by atoms with Crippen LogP contribution in [0.25, 0.3) is 0 Å². The summed E-state index contributed by atoms with van der Waals surface area (Å²) >= 11 is 0. The Labute approximate surface area is 92.4 Å². The molecule has 2 fully saturated rings. The zero-order chi connectivity index (χ0) is 10.8. The van der Waals surface area contributed by atoms with Gasteiger partial charge in [-0.3, -0.25) is 4.79 Å². The van der Waals surface area contributed by atoms with E-state index in [1.807, 2.05) is 6.92 Å². The van der Waals surface area contributed by atoms with E-state index in [0.717, 1.165) is 18.3 Å². The van der Waals surface area contributed by atoms with Gasteiger partial charge in [-0.05, 0) is 37.0 Å². The van der Waals surface area contributed by atoms with Crippen LogP contribution in [0.1, 0.15) is 52.4 Å². The molecule has 0 aromatic carbocycles. The summed E-state index contributed by atoms with van der Waals surface area (Å²) in [6, 6.07) is 0. The molecule has 2 nitrogen and oxygen atoms in total. The van der Waals surface area contributed by atoms with Crippen molar-refractivity contribution in [2.75, 3.05) is 0 Å². The number of carbonyl (C=O) groups excluding carboxylic acids is 1.